The lowest BCUT2D eigenvalue weighted by atomic mass is 10.1. The van der Waals surface area contributed by atoms with Gasteiger partial charge < -0.3 is 9.30 Å². The molecule has 0 unspecified atom stereocenters. The Morgan fingerprint density at radius 1 is 1.35 bits per heavy atom. The molecule has 0 radical (unpaired) electrons. The van der Waals surface area contributed by atoms with Crippen LogP contribution in [0.5, 0.6) is 0 Å². The van der Waals surface area contributed by atoms with Crippen LogP contribution in [0.2, 0.25) is 0 Å². The first kappa shape index (κ1) is 12.4. The first-order valence-electron chi connectivity index (χ1n) is 5.62. The molecule has 3 nitrogen and oxygen atoms in total. The van der Waals surface area contributed by atoms with Crippen molar-refractivity contribution in [2.24, 2.45) is 0 Å². The summed E-state index contributed by atoms with van der Waals surface area (Å²) in [5, 5.41) is 0. The molecule has 1 aromatic carbocycles. The average Bonchev–Trinajstić information content (AvgIpc) is 2.67. The Morgan fingerprint density at radius 3 is 2.71 bits per heavy atom. The molecule has 17 heavy (non-hydrogen) atoms. The van der Waals surface area contributed by atoms with Gasteiger partial charge in [-0.15, -0.1) is 11.6 Å². The smallest absolute Gasteiger partial charge is 0.124 e. The molecule has 0 saturated carbocycles. The molecule has 0 spiro atoms. The number of aromatic nitrogens is 2. The van der Waals surface area contributed by atoms with Gasteiger partial charge in [-0.3, -0.25) is 0 Å². The Balaban J connectivity index is 2.50. The van der Waals surface area contributed by atoms with E-state index in [-0.39, 0.29) is 5.60 Å². The van der Waals surface area contributed by atoms with E-state index in [1.165, 1.54) is 0 Å². The maximum atomic E-state index is 5.95. The molecule has 1 aromatic heterocycles. The quantitative estimate of drug-likeness (QED) is 0.782. The summed E-state index contributed by atoms with van der Waals surface area (Å²) in [5.41, 5.74) is 1.85. The molecule has 4 heteroatoms. The van der Waals surface area contributed by atoms with Gasteiger partial charge in [0.25, 0.3) is 0 Å². The van der Waals surface area contributed by atoms with Crippen molar-refractivity contribution in [2.75, 3.05) is 7.11 Å². The van der Waals surface area contributed by atoms with Crippen molar-refractivity contribution >= 4 is 22.6 Å². The van der Waals surface area contributed by atoms with Gasteiger partial charge in [-0.05, 0) is 26.0 Å². The Kier molecular flexibility index (Phi) is 3.40. The molecule has 0 amide bonds. The van der Waals surface area contributed by atoms with Crippen LogP contribution in [0.1, 0.15) is 19.7 Å². The number of alkyl halides is 1. The van der Waals surface area contributed by atoms with Gasteiger partial charge in [-0.25, -0.2) is 4.98 Å². The van der Waals surface area contributed by atoms with Crippen LogP contribution in [-0.2, 0) is 17.2 Å². The number of fused-ring (bicyclic) bond motifs is 1. The van der Waals surface area contributed by atoms with Crippen molar-refractivity contribution < 1.29 is 4.74 Å². The fourth-order valence-electron chi connectivity index (χ4n) is 1.85. The highest BCUT2D eigenvalue weighted by atomic mass is 35.5. The van der Waals surface area contributed by atoms with E-state index in [1.807, 2.05) is 18.2 Å². The molecule has 0 aliphatic rings. The van der Waals surface area contributed by atoms with Crippen LogP contribution in [0.15, 0.2) is 24.3 Å². The number of halogens is 1. The van der Waals surface area contributed by atoms with E-state index in [1.54, 1.807) is 7.11 Å². The zero-order chi connectivity index (χ0) is 12.5. The average molecular weight is 253 g/mol. The van der Waals surface area contributed by atoms with Crippen molar-refractivity contribution in [1.82, 2.24) is 9.55 Å². The zero-order valence-corrected chi connectivity index (χ0v) is 11.2. The molecule has 92 valence electrons. The van der Waals surface area contributed by atoms with Crippen LogP contribution >= 0.6 is 11.6 Å². The van der Waals surface area contributed by atoms with Crippen molar-refractivity contribution in [3.63, 3.8) is 0 Å². The first-order chi connectivity index (χ1) is 8.07. The highest BCUT2D eigenvalue weighted by molar-refractivity contribution is 6.16. The summed E-state index contributed by atoms with van der Waals surface area (Å²) >= 11 is 5.95. The number of hydrogen-bond donors (Lipinski definition) is 0. The lowest BCUT2D eigenvalue weighted by Crippen LogP contribution is -2.29. The Bertz CT molecular complexity index is 519. The minimum absolute atomic E-state index is 0.232. The fraction of sp³-hybridized carbons (Fsp3) is 0.462. The van der Waals surface area contributed by atoms with Gasteiger partial charge in [0.2, 0.25) is 0 Å². The first-order valence-corrected chi connectivity index (χ1v) is 6.16. The molecule has 0 aliphatic heterocycles. The van der Waals surface area contributed by atoms with E-state index in [2.05, 4.69) is 29.5 Å². The van der Waals surface area contributed by atoms with Gasteiger partial charge in [-0.1, -0.05) is 12.1 Å². The number of rotatable bonds is 4. The molecule has 0 N–H and O–H groups in total. The van der Waals surface area contributed by atoms with E-state index in [0.29, 0.717) is 5.88 Å². The molecule has 0 atom stereocenters. The lowest BCUT2D eigenvalue weighted by Gasteiger charge is -2.24. The van der Waals surface area contributed by atoms with Crippen LogP contribution in [0.25, 0.3) is 11.0 Å². The van der Waals surface area contributed by atoms with Gasteiger partial charge in [0.05, 0.1) is 29.1 Å². The summed E-state index contributed by atoms with van der Waals surface area (Å²) in [6.45, 7) is 4.85. The van der Waals surface area contributed by atoms with E-state index in [9.17, 15) is 0 Å². The third-order valence-corrected chi connectivity index (χ3v) is 3.18. The predicted octanol–water partition coefficient (Wildman–Crippen LogP) is 3.20. The SMILES string of the molecule is COC(C)(C)Cn1c(CCl)nc2ccccc21. The second-order valence-corrected chi connectivity index (χ2v) is 4.97. The molecular weight excluding hydrogens is 236 g/mol. The normalized spacial score (nSPS) is 12.2. The summed E-state index contributed by atoms with van der Waals surface area (Å²) in [6.07, 6.45) is 0. The molecular formula is C13H17ClN2O. The summed E-state index contributed by atoms with van der Waals surface area (Å²) in [5.74, 6) is 1.30. The predicted molar refractivity (Wildman–Crippen MR) is 70.4 cm³/mol. The van der Waals surface area contributed by atoms with Crippen molar-refractivity contribution in [3.8, 4) is 0 Å². The van der Waals surface area contributed by atoms with E-state index in [4.69, 9.17) is 16.3 Å². The highest BCUT2D eigenvalue weighted by Crippen LogP contribution is 2.21. The number of hydrogen-bond acceptors (Lipinski definition) is 2. The third kappa shape index (κ3) is 2.45. The van der Waals surface area contributed by atoms with Gasteiger partial charge in [0.1, 0.15) is 5.82 Å². The lowest BCUT2D eigenvalue weighted by molar-refractivity contribution is 0.00854. The van der Waals surface area contributed by atoms with E-state index < -0.39 is 0 Å². The summed E-state index contributed by atoms with van der Waals surface area (Å²) in [4.78, 5) is 4.53. The number of nitrogens with zero attached hydrogens (tertiary/aromatic N) is 2. The van der Waals surface area contributed by atoms with Crippen LogP contribution in [-0.4, -0.2) is 22.3 Å². The van der Waals surface area contributed by atoms with Gasteiger partial charge in [-0.2, -0.15) is 0 Å². The second kappa shape index (κ2) is 4.67. The fourth-order valence-corrected chi connectivity index (χ4v) is 2.05. The van der Waals surface area contributed by atoms with Crippen molar-refractivity contribution in [1.29, 1.82) is 0 Å². The summed E-state index contributed by atoms with van der Waals surface area (Å²) in [7, 11) is 1.72. The van der Waals surface area contributed by atoms with Gasteiger partial charge in [0, 0.05) is 7.11 Å². The van der Waals surface area contributed by atoms with Crippen molar-refractivity contribution in [2.45, 2.75) is 31.9 Å². The standard InChI is InChI=1S/C13H17ClN2O/c1-13(2,17-3)9-16-11-7-5-4-6-10(11)15-12(16)8-14/h4-7H,8-9H2,1-3H3. The minimum atomic E-state index is -0.232. The van der Waals surface area contributed by atoms with Gasteiger partial charge in [0.15, 0.2) is 0 Å². The zero-order valence-electron chi connectivity index (χ0n) is 10.4. The van der Waals surface area contributed by atoms with E-state index in [0.717, 1.165) is 23.4 Å². The Morgan fingerprint density at radius 2 is 2.06 bits per heavy atom. The van der Waals surface area contributed by atoms with Crippen LogP contribution in [0.4, 0.5) is 0 Å². The van der Waals surface area contributed by atoms with Crippen LogP contribution < -0.4 is 0 Å². The maximum absolute atomic E-state index is 5.95. The number of para-hydroxylation sites is 2. The van der Waals surface area contributed by atoms with Crippen LogP contribution in [0, 0.1) is 0 Å². The van der Waals surface area contributed by atoms with Gasteiger partial charge >= 0.3 is 0 Å². The van der Waals surface area contributed by atoms with E-state index >= 15 is 0 Å². The largest absolute Gasteiger partial charge is 0.377 e. The maximum Gasteiger partial charge on any atom is 0.124 e. The molecule has 0 fully saturated rings. The molecule has 0 bridgehead atoms. The molecule has 0 aliphatic carbocycles. The highest BCUT2D eigenvalue weighted by Gasteiger charge is 2.20. The summed E-state index contributed by atoms with van der Waals surface area (Å²) < 4.78 is 7.60. The number of imidazole rings is 1. The molecule has 2 rings (SSSR count). The number of ether oxygens (including phenoxy) is 1. The second-order valence-electron chi connectivity index (χ2n) is 4.70. The minimum Gasteiger partial charge on any atom is -0.377 e. The number of methoxy groups -OCH3 is 1. The number of benzene rings is 1. The third-order valence-electron chi connectivity index (χ3n) is 2.94. The monoisotopic (exact) mass is 252 g/mol. The topological polar surface area (TPSA) is 27.1 Å². The van der Waals surface area contributed by atoms with Crippen molar-refractivity contribution in [3.05, 3.63) is 30.1 Å². The van der Waals surface area contributed by atoms with Crippen LogP contribution in [0.3, 0.4) is 0 Å². The Labute approximate surface area is 106 Å². The molecule has 1 heterocycles. The molecule has 0 saturated heterocycles. The molecule has 2 aromatic rings. The Hall–Kier alpha value is -1.06. The summed E-state index contributed by atoms with van der Waals surface area (Å²) in [6, 6.07) is 8.06.